The number of nitriles is 1. The monoisotopic (exact) mass is 489 g/mol. The molecule has 2 fully saturated rings. The first-order valence-electron chi connectivity index (χ1n) is 11.6. The van der Waals surface area contributed by atoms with Gasteiger partial charge in [0.25, 0.3) is 0 Å². The Kier molecular flexibility index (Phi) is 8.00. The van der Waals surface area contributed by atoms with E-state index in [9.17, 15) is 14.7 Å². The van der Waals surface area contributed by atoms with E-state index in [1.165, 1.54) is 6.20 Å². The highest BCUT2D eigenvalue weighted by molar-refractivity contribution is 5.93. The second-order valence-electron chi connectivity index (χ2n) is 9.34. The van der Waals surface area contributed by atoms with Gasteiger partial charge in [-0.25, -0.2) is 19.3 Å². The number of likely N-dealkylation sites (N-methyl/N-ethyl adjacent to an activating group) is 1. The van der Waals surface area contributed by atoms with Gasteiger partial charge in [-0.2, -0.15) is 5.26 Å². The Labute approximate surface area is 205 Å². The fourth-order valence-corrected chi connectivity index (χ4v) is 5.11. The normalized spacial score (nSPS) is 24.8. The average Bonchev–Trinajstić information content (AvgIpc) is 3.23. The van der Waals surface area contributed by atoms with E-state index in [4.69, 9.17) is 16.0 Å². The van der Waals surface area contributed by atoms with Crippen LogP contribution in [0.4, 0.5) is 10.6 Å². The third-order valence-corrected chi connectivity index (χ3v) is 7.22. The van der Waals surface area contributed by atoms with Gasteiger partial charge in [0.05, 0.1) is 17.5 Å². The van der Waals surface area contributed by atoms with Crippen molar-refractivity contribution in [1.82, 2.24) is 19.4 Å². The van der Waals surface area contributed by atoms with Crippen molar-refractivity contribution in [3.05, 3.63) is 18.1 Å². The molecule has 1 aliphatic carbocycles. The number of nitrogens with two attached hydrogens (primary N) is 1. The number of likely N-dealkylation sites (tertiary alicyclic amines) is 1. The zero-order chi connectivity index (χ0) is 23.7. The molecule has 2 aromatic heterocycles. The summed E-state index contributed by atoms with van der Waals surface area (Å²) in [5, 5.41) is 19.3. The Hall–Kier alpha value is -2.90. The van der Waals surface area contributed by atoms with E-state index < -0.39 is 6.09 Å². The molecule has 34 heavy (non-hydrogen) atoms. The molecule has 1 amide bonds. The number of aromatic nitrogens is 3. The van der Waals surface area contributed by atoms with Crippen molar-refractivity contribution in [3.63, 3.8) is 0 Å². The van der Waals surface area contributed by atoms with Crippen LogP contribution < -0.4 is 10.6 Å². The van der Waals surface area contributed by atoms with Crippen LogP contribution in [0.15, 0.2) is 12.3 Å². The van der Waals surface area contributed by atoms with Gasteiger partial charge < -0.3 is 20.6 Å². The van der Waals surface area contributed by atoms with Gasteiger partial charge in [0.2, 0.25) is 5.91 Å². The van der Waals surface area contributed by atoms with E-state index >= 15 is 0 Å². The molecule has 11 heteroatoms. The lowest BCUT2D eigenvalue weighted by molar-refractivity contribution is -0.131. The van der Waals surface area contributed by atoms with Gasteiger partial charge in [-0.1, -0.05) is 6.92 Å². The first kappa shape index (κ1) is 25.7. The summed E-state index contributed by atoms with van der Waals surface area (Å²) in [6.45, 7) is 3.28. The lowest BCUT2D eigenvalue weighted by Gasteiger charge is -2.42. The maximum absolute atomic E-state index is 12.4. The number of halogens is 1. The summed E-state index contributed by atoms with van der Waals surface area (Å²) in [5.41, 5.74) is 6.46. The minimum atomic E-state index is -1.09. The van der Waals surface area contributed by atoms with Crippen molar-refractivity contribution in [3.8, 4) is 6.07 Å². The number of nitrogens with zero attached hydrogens (tertiary/aromatic N) is 6. The molecule has 2 aliphatic rings. The van der Waals surface area contributed by atoms with Crippen LogP contribution in [0.1, 0.15) is 57.2 Å². The zero-order valence-corrected chi connectivity index (χ0v) is 20.4. The highest BCUT2D eigenvalue weighted by Crippen LogP contribution is 2.35. The molecule has 2 aromatic rings. The maximum atomic E-state index is 12.4. The molecule has 3 heterocycles. The van der Waals surface area contributed by atoms with Crippen LogP contribution in [-0.4, -0.2) is 68.8 Å². The van der Waals surface area contributed by atoms with Gasteiger partial charge in [-0.3, -0.25) is 4.79 Å². The van der Waals surface area contributed by atoms with Crippen molar-refractivity contribution in [2.24, 2.45) is 11.7 Å². The molecule has 0 unspecified atom stereocenters. The van der Waals surface area contributed by atoms with Crippen molar-refractivity contribution in [2.45, 2.75) is 63.5 Å². The van der Waals surface area contributed by atoms with E-state index in [0.717, 1.165) is 36.7 Å². The van der Waals surface area contributed by atoms with Gasteiger partial charge >= 0.3 is 6.09 Å². The highest BCUT2D eigenvalue weighted by Gasteiger charge is 2.34. The summed E-state index contributed by atoms with van der Waals surface area (Å²) in [7, 11) is 1.94. The third kappa shape index (κ3) is 4.95. The summed E-state index contributed by atoms with van der Waals surface area (Å²) in [6, 6.07) is 3.86. The molecule has 184 valence electrons. The molecule has 4 rings (SSSR count). The smallest absolute Gasteiger partial charge is 0.417 e. The number of carbonyl (C=O) groups is 2. The molecule has 2 atom stereocenters. The molecule has 0 radical (unpaired) electrons. The van der Waals surface area contributed by atoms with Gasteiger partial charge in [0.1, 0.15) is 18.1 Å². The SMILES string of the molecule is C[C@@H]1CCN(C(=O)CC#N)C[C@@H]1N(C)c1nc(C2CCC(N)CC2)nc2c1ccn2C(=O)O.Cl. The van der Waals surface area contributed by atoms with E-state index in [-0.39, 0.29) is 42.7 Å². The van der Waals surface area contributed by atoms with Gasteiger partial charge in [-0.05, 0) is 44.1 Å². The van der Waals surface area contributed by atoms with E-state index in [0.29, 0.717) is 41.7 Å². The Morgan fingerprint density at radius 1 is 1.26 bits per heavy atom. The Balaban J connectivity index is 0.00000324. The number of amides is 1. The molecule has 1 aliphatic heterocycles. The zero-order valence-electron chi connectivity index (χ0n) is 19.6. The number of carboxylic acid groups (broad SMARTS) is 1. The summed E-state index contributed by atoms with van der Waals surface area (Å²) >= 11 is 0. The van der Waals surface area contributed by atoms with Gasteiger partial charge in [-0.15, -0.1) is 12.4 Å². The fraction of sp³-hybridized carbons (Fsp3) is 0.609. The van der Waals surface area contributed by atoms with E-state index in [1.807, 2.05) is 13.1 Å². The number of anilines is 1. The minimum Gasteiger partial charge on any atom is -0.464 e. The highest BCUT2D eigenvalue weighted by atomic mass is 35.5. The lowest BCUT2D eigenvalue weighted by Crippen LogP contribution is -2.52. The Bertz CT molecular complexity index is 1090. The average molecular weight is 490 g/mol. The van der Waals surface area contributed by atoms with Gasteiger partial charge in [0.15, 0.2) is 5.65 Å². The van der Waals surface area contributed by atoms with Crippen molar-refractivity contribution in [2.75, 3.05) is 25.0 Å². The standard InChI is InChI=1S/C23H31N7O3.ClH/c1-14-8-11-29(19(31)7-10-24)13-18(14)28(2)21-17-9-12-30(23(32)33)22(17)27-20(26-21)15-3-5-16(25)6-4-15;/h9,12,14-16,18H,3-8,11,13,25H2,1-2H3,(H,32,33);1H/t14-,15?,16?,18+;/m1./s1. The van der Waals surface area contributed by atoms with Crippen LogP contribution in [0.2, 0.25) is 0 Å². The fourth-order valence-electron chi connectivity index (χ4n) is 5.11. The van der Waals surface area contributed by atoms with E-state index in [1.54, 1.807) is 11.0 Å². The largest absolute Gasteiger partial charge is 0.464 e. The quantitative estimate of drug-likeness (QED) is 0.667. The summed E-state index contributed by atoms with van der Waals surface area (Å²) in [5.74, 6) is 1.60. The summed E-state index contributed by atoms with van der Waals surface area (Å²) in [6.07, 6.45) is 4.65. The van der Waals surface area contributed by atoms with Crippen LogP contribution in [0, 0.1) is 17.2 Å². The molecule has 1 saturated heterocycles. The second kappa shape index (κ2) is 10.6. The van der Waals surface area contributed by atoms with Crippen LogP contribution in [0.5, 0.6) is 0 Å². The number of piperidine rings is 1. The van der Waals surface area contributed by atoms with Crippen LogP contribution in [0.3, 0.4) is 0 Å². The summed E-state index contributed by atoms with van der Waals surface area (Å²) in [4.78, 5) is 37.6. The van der Waals surface area contributed by atoms with Crippen LogP contribution in [0.25, 0.3) is 11.0 Å². The molecule has 0 aromatic carbocycles. The Morgan fingerprint density at radius 3 is 2.62 bits per heavy atom. The van der Waals surface area contributed by atoms with Crippen molar-refractivity contribution < 1.29 is 14.7 Å². The third-order valence-electron chi connectivity index (χ3n) is 7.22. The molecule has 1 saturated carbocycles. The molecule has 0 bridgehead atoms. The lowest BCUT2D eigenvalue weighted by atomic mass is 9.86. The molecule has 0 spiro atoms. The first-order valence-corrected chi connectivity index (χ1v) is 11.6. The van der Waals surface area contributed by atoms with Crippen LogP contribution >= 0.6 is 12.4 Å². The van der Waals surface area contributed by atoms with Crippen LogP contribution in [-0.2, 0) is 4.79 Å². The Morgan fingerprint density at radius 2 is 1.97 bits per heavy atom. The van der Waals surface area contributed by atoms with Gasteiger partial charge in [0, 0.05) is 38.3 Å². The number of hydrogen-bond acceptors (Lipinski definition) is 7. The number of carbonyl (C=O) groups excluding carboxylic acids is 1. The topological polar surface area (TPSA) is 141 Å². The number of hydrogen-bond donors (Lipinski definition) is 2. The predicted octanol–water partition coefficient (Wildman–Crippen LogP) is 2.95. The minimum absolute atomic E-state index is 0. The van der Waals surface area contributed by atoms with Crippen molar-refractivity contribution >= 4 is 41.3 Å². The molecule has 10 nitrogen and oxygen atoms in total. The number of rotatable bonds is 4. The second-order valence-corrected chi connectivity index (χ2v) is 9.34. The molecular formula is C23H32ClN7O3. The predicted molar refractivity (Wildman–Crippen MR) is 130 cm³/mol. The van der Waals surface area contributed by atoms with Crippen molar-refractivity contribution in [1.29, 1.82) is 5.26 Å². The molecular weight excluding hydrogens is 458 g/mol. The molecule has 3 N–H and O–H groups in total. The number of fused-ring (bicyclic) bond motifs is 1. The summed E-state index contributed by atoms with van der Waals surface area (Å²) < 4.78 is 1.14. The first-order chi connectivity index (χ1) is 15.8. The van der Waals surface area contributed by atoms with E-state index in [2.05, 4.69) is 16.8 Å². The maximum Gasteiger partial charge on any atom is 0.417 e.